The topological polar surface area (TPSA) is 138 Å². The summed E-state index contributed by atoms with van der Waals surface area (Å²) >= 11 is 6.63. The maximum absolute atomic E-state index is 12.0. The van der Waals surface area contributed by atoms with Gasteiger partial charge in [0, 0.05) is 32.7 Å². The quantitative estimate of drug-likeness (QED) is 0.108. The van der Waals surface area contributed by atoms with E-state index in [2.05, 4.69) is 31.9 Å². The molecule has 9 nitrogen and oxygen atoms in total. The van der Waals surface area contributed by atoms with Crippen molar-refractivity contribution in [2.24, 2.45) is 0 Å². The first-order valence-electron chi connectivity index (χ1n) is 13.2. The summed E-state index contributed by atoms with van der Waals surface area (Å²) in [6.07, 6.45) is 4.07. The van der Waals surface area contributed by atoms with Crippen molar-refractivity contribution in [3.8, 4) is 23.0 Å². The third-order valence-electron chi connectivity index (χ3n) is 5.76. The van der Waals surface area contributed by atoms with Crippen LogP contribution in [-0.2, 0) is 0 Å². The number of methoxy groups -OCH3 is 4. The van der Waals surface area contributed by atoms with Crippen LogP contribution < -0.4 is 48.5 Å². The van der Waals surface area contributed by atoms with E-state index in [-0.39, 0.29) is 46.6 Å². The van der Waals surface area contributed by atoms with Crippen molar-refractivity contribution in [3.05, 3.63) is 122 Å². The molecule has 0 aliphatic carbocycles. The minimum Gasteiger partial charge on any atom is -0.870 e. The zero-order chi connectivity index (χ0) is 33.8. The van der Waals surface area contributed by atoms with Gasteiger partial charge in [-0.3, -0.25) is 14.4 Å². The van der Waals surface area contributed by atoms with E-state index in [4.69, 9.17) is 24.1 Å². The van der Waals surface area contributed by atoms with Crippen LogP contribution in [0, 0.1) is 0 Å². The Morgan fingerprint density at radius 3 is 1.38 bits per heavy atom. The number of allylic oxidation sites excluding steroid dienone is 1. The first-order chi connectivity index (χ1) is 21.6. The van der Waals surface area contributed by atoms with Crippen LogP contribution in [0.2, 0.25) is 0 Å². The Kier molecular flexibility index (Phi) is 25.1. The number of hydrogen-bond donors (Lipinski definition) is 1. The Morgan fingerprint density at radius 2 is 1.00 bits per heavy atom. The van der Waals surface area contributed by atoms with E-state index >= 15 is 0 Å². The summed E-state index contributed by atoms with van der Waals surface area (Å²) in [5, 5.41) is 7.00. The minimum atomic E-state index is -0.0442. The van der Waals surface area contributed by atoms with Crippen LogP contribution in [0.5, 0.6) is 23.0 Å². The molecule has 47 heavy (non-hydrogen) atoms. The largest absolute Gasteiger partial charge is 1.00 e. The standard InChI is InChI=1S/C17H15BrO3.C9H10O3.C8H7BrO.CH4O.Na.H2O/c1-20-16-10-4-12(11-17(16)21-2)3-9-15(19)13-5-7-14(18)8-6-13;1-11-8-4-3-7(6-10)5-9(8)12-2;1-6(10)7-2-4-8(9)5-3-7;1-2;;/h3-11H,1-2H3;3-6H,1-2H3;2-5H,1H3;2H,1H3;;1H2/q;;;;+1;/p-1/b9-3+;;;;;. The second-order valence-corrected chi connectivity index (χ2v) is 10.4. The fourth-order valence-electron chi connectivity index (χ4n) is 3.45. The van der Waals surface area contributed by atoms with Crippen LogP contribution in [0.25, 0.3) is 6.08 Å². The number of rotatable bonds is 9. The van der Waals surface area contributed by atoms with Crippen molar-refractivity contribution in [3.63, 3.8) is 0 Å². The van der Waals surface area contributed by atoms with Crippen molar-refractivity contribution < 1.29 is 73.5 Å². The summed E-state index contributed by atoms with van der Waals surface area (Å²) in [7, 11) is 7.26. The van der Waals surface area contributed by atoms with E-state index in [1.165, 1.54) is 7.11 Å². The van der Waals surface area contributed by atoms with Gasteiger partial charge in [-0.2, -0.15) is 0 Å². The first kappa shape index (κ1) is 45.8. The molecule has 0 atom stereocenters. The van der Waals surface area contributed by atoms with E-state index in [0.717, 1.165) is 33.5 Å². The Labute approximate surface area is 314 Å². The average molecular weight is 784 g/mol. The van der Waals surface area contributed by atoms with Gasteiger partial charge in [0.2, 0.25) is 0 Å². The molecule has 0 aliphatic heterocycles. The summed E-state index contributed by atoms with van der Waals surface area (Å²) in [5.41, 5.74) is 2.85. The first-order valence-corrected chi connectivity index (χ1v) is 14.8. The normalized spacial score (nSPS) is 9.21. The summed E-state index contributed by atoms with van der Waals surface area (Å²) < 4.78 is 22.3. The van der Waals surface area contributed by atoms with Gasteiger partial charge in [0.25, 0.3) is 0 Å². The number of ether oxygens (including phenoxy) is 4. The Hall–Kier alpha value is -3.29. The summed E-state index contributed by atoms with van der Waals surface area (Å²) in [4.78, 5) is 33.2. The molecule has 0 saturated carbocycles. The van der Waals surface area contributed by atoms with Crippen molar-refractivity contribution in [1.29, 1.82) is 0 Å². The molecular formula is C35H37Br2NaO9. The summed E-state index contributed by atoms with van der Waals surface area (Å²) in [6.45, 7) is 1.56. The molecule has 246 valence electrons. The SMILES string of the molecule is CC(=O)c1ccc(Br)cc1.CO.COc1ccc(/C=C/C(=O)c2ccc(Br)cc2)cc1OC.COc1ccc(C=O)cc1OC.[Na+].[OH-]. The average Bonchev–Trinajstić information content (AvgIpc) is 3.08. The van der Waals surface area contributed by atoms with Gasteiger partial charge in [0.1, 0.15) is 6.29 Å². The number of aliphatic hydroxyl groups excluding tert-OH is 1. The number of benzene rings is 4. The Morgan fingerprint density at radius 1 is 0.617 bits per heavy atom. The van der Waals surface area contributed by atoms with E-state index in [9.17, 15) is 14.4 Å². The molecule has 0 fully saturated rings. The predicted molar refractivity (Wildman–Crippen MR) is 186 cm³/mol. The van der Waals surface area contributed by atoms with Crippen molar-refractivity contribution in [1.82, 2.24) is 0 Å². The molecule has 0 aliphatic rings. The molecule has 4 aromatic carbocycles. The molecule has 4 rings (SSSR count). The number of ketones is 2. The van der Waals surface area contributed by atoms with Gasteiger partial charge in [-0.25, -0.2) is 0 Å². The van der Waals surface area contributed by atoms with Gasteiger partial charge in [-0.15, -0.1) is 0 Å². The maximum atomic E-state index is 12.0. The van der Waals surface area contributed by atoms with Crippen LogP contribution in [0.15, 0.2) is 100.0 Å². The molecular weight excluding hydrogens is 747 g/mol. The summed E-state index contributed by atoms with van der Waals surface area (Å²) in [5.74, 6) is 2.56. The monoisotopic (exact) mass is 782 g/mol. The molecule has 12 heteroatoms. The van der Waals surface area contributed by atoms with Crippen LogP contribution in [0.4, 0.5) is 0 Å². The number of carbonyl (C=O) groups is 3. The fraction of sp³-hybridized carbons (Fsp3) is 0.171. The third-order valence-corrected chi connectivity index (χ3v) is 6.82. The predicted octanol–water partition coefficient (Wildman–Crippen LogP) is 4.97. The van der Waals surface area contributed by atoms with Crippen molar-refractivity contribution >= 4 is 55.8 Å². The number of hydrogen-bond acceptors (Lipinski definition) is 9. The molecule has 4 aromatic rings. The Bertz CT molecular complexity index is 1540. The Balaban J connectivity index is 0. The number of Topliss-reactive ketones (excluding diaryl/α,β-unsaturated/α-hetero) is 1. The molecule has 0 amide bonds. The van der Waals surface area contributed by atoms with Gasteiger partial charge in [-0.1, -0.05) is 56.1 Å². The van der Waals surface area contributed by atoms with Gasteiger partial charge in [0.15, 0.2) is 34.6 Å². The van der Waals surface area contributed by atoms with Gasteiger partial charge in [0.05, 0.1) is 28.4 Å². The van der Waals surface area contributed by atoms with Crippen LogP contribution >= 0.6 is 31.9 Å². The van der Waals surface area contributed by atoms with E-state index in [1.807, 2.05) is 42.5 Å². The van der Waals surface area contributed by atoms with Gasteiger partial charge >= 0.3 is 29.6 Å². The van der Waals surface area contributed by atoms with Crippen LogP contribution in [0.1, 0.15) is 43.6 Å². The molecule has 0 spiro atoms. The number of aldehydes is 1. The van der Waals surface area contributed by atoms with Crippen LogP contribution in [0.3, 0.4) is 0 Å². The molecule has 0 saturated heterocycles. The second kappa shape index (κ2) is 25.8. The van der Waals surface area contributed by atoms with Gasteiger partial charge in [-0.05, 0) is 85.3 Å². The zero-order valence-corrected chi connectivity index (χ0v) is 32.5. The minimum absolute atomic E-state index is 0. The van der Waals surface area contributed by atoms with E-state index < -0.39 is 0 Å². The third kappa shape index (κ3) is 16.4. The summed E-state index contributed by atoms with van der Waals surface area (Å²) in [6, 6.07) is 25.1. The molecule has 0 radical (unpaired) electrons. The second-order valence-electron chi connectivity index (χ2n) is 8.61. The number of carbonyl (C=O) groups excluding carboxylic acids is 3. The van der Waals surface area contributed by atoms with Crippen molar-refractivity contribution in [2.75, 3.05) is 35.5 Å². The molecule has 0 heterocycles. The smallest absolute Gasteiger partial charge is 0.870 e. The molecule has 0 unspecified atom stereocenters. The number of aliphatic hydroxyl groups is 1. The molecule has 2 N–H and O–H groups in total. The maximum Gasteiger partial charge on any atom is 1.00 e. The van der Waals surface area contributed by atoms with E-state index in [0.29, 0.717) is 34.1 Å². The van der Waals surface area contributed by atoms with Crippen LogP contribution in [-0.4, -0.2) is 64.0 Å². The fourth-order valence-corrected chi connectivity index (χ4v) is 3.98. The van der Waals surface area contributed by atoms with Crippen molar-refractivity contribution in [2.45, 2.75) is 6.92 Å². The van der Waals surface area contributed by atoms with E-state index in [1.54, 1.807) is 82.9 Å². The van der Waals surface area contributed by atoms with Gasteiger partial charge < -0.3 is 29.5 Å². The molecule has 0 bridgehead atoms. The zero-order valence-electron chi connectivity index (χ0n) is 27.3. The number of halogens is 2. The molecule has 0 aromatic heterocycles.